The molecule has 3 rings (SSSR count). The Balaban J connectivity index is 1.72. The molecule has 0 aliphatic heterocycles. The van der Waals surface area contributed by atoms with Crippen molar-refractivity contribution in [2.24, 2.45) is 0 Å². The molecule has 1 unspecified atom stereocenters. The number of halogens is 3. The summed E-state index contributed by atoms with van der Waals surface area (Å²) in [5, 5.41) is 23.2. The van der Waals surface area contributed by atoms with E-state index in [0.717, 1.165) is 16.9 Å². The highest BCUT2D eigenvalue weighted by molar-refractivity contribution is 9.10. The first-order valence-electron chi connectivity index (χ1n) is 10.2. The zero-order chi connectivity index (χ0) is 25.8. The number of tetrazole rings is 1. The Kier molecular flexibility index (Phi) is 7.94. The number of aliphatic carboxylic acids is 1. The first-order chi connectivity index (χ1) is 16.4. The number of ether oxygens (including phenoxy) is 2. The summed E-state index contributed by atoms with van der Waals surface area (Å²) >= 11 is 3.08. The van der Waals surface area contributed by atoms with Crippen molar-refractivity contribution in [3.05, 3.63) is 46.6 Å². The lowest BCUT2D eigenvalue weighted by Crippen LogP contribution is -2.42. The van der Waals surface area contributed by atoms with Crippen LogP contribution in [0, 0.1) is 11.6 Å². The Morgan fingerprint density at radius 2 is 1.97 bits per heavy atom. The number of aromatic nitrogens is 5. The van der Waals surface area contributed by atoms with Gasteiger partial charge in [0.1, 0.15) is 17.2 Å². The van der Waals surface area contributed by atoms with Crippen LogP contribution in [0.15, 0.2) is 34.9 Å². The first-order valence-corrected chi connectivity index (χ1v) is 11.0. The Morgan fingerprint density at radius 1 is 1.23 bits per heavy atom. The van der Waals surface area contributed by atoms with Gasteiger partial charge in [-0.2, -0.15) is 4.80 Å². The molecular weight excluding hydrogens is 534 g/mol. The van der Waals surface area contributed by atoms with Crippen LogP contribution < -0.4 is 10.1 Å². The van der Waals surface area contributed by atoms with E-state index in [0.29, 0.717) is 4.47 Å². The molecule has 1 atom stereocenters. The second-order valence-electron chi connectivity index (χ2n) is 8.29. The zero-order valence-electron chi connectivity index (χ0n) is 18.8. The van der Waals surface area contributed by atoms with Crippen LogP contribution >= 0.6 is 15.9 Å². The van der Waals surface area contributed by atoms with E-state index in [1.165, 1.54) is 18.3 Å². The van der Waals surface area contributed by atoms with Crippen molar-refractivity contribution in [1.82, 2.24) is 30.5 Å². The summed E-state index contributed by atoms with van der Waals surface area (Å²) in [4.78, 5) is 28.0. The summed E-state index contributed by atoms with van der Waals surface area (Å²) in [6.07, 6.45) is 0.0973. The summed E-state index contributed by atoms with van der Waals surface area (Å²) in [6, 6.07) is 3.94. The average molecular weight is 555 g/mol. The zero-order valence-corrected chi connectivity index (χ0v) is 20.4. The van der Waals surface area contributed by atoms with E-state index in [2.05, 4.69) is 41.6 Å². The van der Waals surface area contributed by atoms with Crippen molar-refractivity contribution in [1.29, 1.82) is 0 Å². The third kappa shape index (κ3) is 7.67. The number of alkyl carbamates (subject to hydrolysis) is 1. The van der Waals surface area contributed by atoms with E-state index in [1.54, 1.807) is 20.8 Å². The quantitative estimate of drug-likeness (QED) is 0.423. The van der Waals surface area contributed by atoms with Gasteiger partial charge in [0.05, 0.1) is 24.6 Å². The molecule has 0 saturated heterocycles. The summed E-state index contributed by atoms with van der Waals surface area (Å²) < 4.78 is 39.5. The van der Waals surface area contributed by atoms with Crippen LogP contribution in [-0.2, 0) is 16.1 Å². The van der Waals surface area contributed by atoms with Crippen molar-refractivity contribution in [3.63, 3.8) is 0 Å². The summed E-state index contributed by atoms with van der Waals surface area (Å²) in [6.45, 7) is 4.85. The first kappa shape index (κ1) is 25.9. The van der Waals surface area contributed by atoms with E-state index in [4.69, 9.17) is 14.6 Å². The lowest BCUT2D eigenvalue weighted by molar-refractivity contribution is -0.137. The van der Waals surface area contributed by atoms with Crippen LogP contribution in [0.3, 0.4) is 0 Å². The fourth-order valence-corrected chi connectivity index (χ4v) is 3.10. The summed E-state index contributed by atoms with van der Waals surface area (Å²) in [7, 11) is 0. The molecule has 2 N–H and O–H groups in total. The number of amides is 1. The predicted octanol–water partition coefficient (Wildman–Crippen LogP) is 3.94. The highest BCUT2D eigenvalue weighted by Gasteiger charge is 2.23. The average Bonchev–Trinajstić information content (AvgIpc) is 3.16. The molecule has 0 spiro atoms. The van der Waals surface area contributed by atoms with Crippen molar-refractivity contribution < 1.29 is 33.0 Å². The van der Waals surface area contributed by atoms with E-state index in [-0.39, 0.29) is 29.6 Å². The van der Waals surface area contributed by atoms with E-state index < -0.39 is 41.8 Å². The number of hydrogen-bond donors (Lipinski definition) is 2. The molecule has 14 heteroatoms. The van der Waals surface area contributed by atoms with Gasteiger partial charge < -0.3 is 19.9 Å². The van der Waals surface area contributed by atoms with E-state index in [9.17, 15) is 18.4 Å². The third-order valence-corrected chi connectivity index (χ3v) is 4.58. The van der Waals surface area contributed by atoms with Gasteiger partial charge in [0.15, 0.2) is 5.82 Å². The highest BCUT2D eigenvalue weighted by Crippen LogP contribution is 2.28. The van der Waals surface area contributed by atoms with Gasteiger partial charge in [-0.25, -0.2) is 18.6 Å². The molecule has 2 aromatic heterocycles. The molecular formula is C21H21BrF2N6O5. The van der Waals surface area contributed by atoms with Gasteiger partial charge in [-0.15, -0.1) is 10.2 Å². The van der Waals surface area contributed by atoms with Crippen LogP contribution in [-0.4, -0.2) is 54.0 Å². The van der Waals surface area contributed by atoms with Crippen molar-refractivity contribution in [2.75, 3.05) is 0 Å². The molecule has 0 radical (unpaired) electrons. The Bertz CT molecular complexity index is 1230. The fourth-order valence-electron chi connectivity index (χ4n) is 2.80. The maximum Gasteiger partial charge on any atom is 0.407 e. The SMILES string of the molecule is CC(C)(C)OC(=O)NC(CC(=O)O)Cn1nnc(-c2ccc(Oc3ncc(Br)cc3F)cc2F)n1. The monoisotopic (exact) mass is 554 g/mol. The van der Waals surface area contributed by atoms with Crippen LogP contribution in [0.1, 0.15) is 27.2 Å². The van der Waals surface area contributed by atoms with Crippen molar-refractivity contribution >= 4 is 28.0 Å². The second kappa shape index (κ2) is 10.7. The van der Waals surface area contributed by atoms with Gasteiger partial charge in [-0.1, -0.05) is 0 Å². The minimum atomic E-state index is -1.16. The molecule has 3 aromatic rings. The number of nitrogens with one attached hydrogen (secondary N) is 1. The number of carboxylic acids is 1. The number of benzene rings is 1. The topological polar surface area (TPSA) is 141 Å². The van der Waals surface area contributed by atoms with Crippen molar-refractivity contribution in [3.8, 4) is 23.0 Å². The molecule has 186 valence electrons. The Labute approximate surface area is 206 Å². The normalized spacial score (nSPS) is 12.2. The minimum Gasteiger partial charge on any atom is -0.481 e. The molecule has 2 heterocycles. The predicted molar refractivity (Wildman–Crippen MR) is 121 cm³/mol. The van der Waals surface area contributed by atoms with Crippen LogP contribution in [0.4, 0.5) is 13.6 Å². The number of carbonyl (C=O) groups excluding carboxylic acids is 1. The van der Waals surface area contributed by atoms with Gasteiger partial charge in [0, 0.05) is 16.7 Å². The molecule has 11 nitrogen and oxygen atoms in total. The number of rotatable bonds is 8. The van der Waals surface area contributed by atoms with Crippen LogP contribution in [0.25, 0.3) is 11.4 Å². The summed E-state index contributed by atoms with van der Waals surface area (Å²) in [5.41, 5.74) is -0.800. The number of carboxylic acid groups (broad SMARTS) is 1. The summed E-state index contributed by atoms with van der Waals surface area (Å²) in [5.74, 6) is -3.09. The standard InChI is InChI=1S/C21H21BrF2N6O5/c1-21(2,3)35-20(33)26-12(7-17(31)32)10-30-28-18(27-29-30)14-5-4-13(8-15(14)23)34-19-16(24)6-11(22)9-25-19/h4-6,8-9,12H,7,10H2,1-3H3,(H,26,33)(H,31,32). The lowest BCUT2D eigenvalue weighted by atomic mass is 10.2. The molecule has 1 amide bonds. The lowest BCUT2D eigenvalue weighted by Gasteiger charge is -2.22. The molecule has 1 aromatic carbocycles. The highest BCUT2D eigenvalue weighted by atomic mass is 79.9. The number of nitrogens with zero attached hydrogens (tertiary/aromatic N) is 5. The molecule has 0 aliphatic rings. The molecule has 0 fully saturated rings. The second-order valence-corrected chi connectivity index (χ2v) is 9.21. The van der Waals surface area contributed by atoms with Gasteiger partial charge in [-0.05, 0) is 60.1 Å². The largest absolute Gasteiger partial charge is 0.481 e. The number of pyridine rings is 1. The smallest absolute Gasteiger partial charge is 0.407 e. The Morgan fingerprint density at radius 3 is 2.60 bits per heavy atom. The molecule has 35 heavy (non-hydrogen) atoms. The number of carbonyl (C=O) groups is 2. The van der Waals surface area contributed by atoms with Gasteiger partial charge in [0.2, 0.25) is 5.82 Å². The maximum absolute atomic E-state index is 14.7. The fraction of sp³-hybridized carbons (Fsp3) is 0.333. The van der Waals surface area contributed by atoms with E-state index in [1.807, 2.05) is 0 Å². The molecule has 0 bridgehead atoms. The van der Waals surface area contributed by atoms with Gasteiger partial charge in [-0.3, -0.25) is 4.79 Å². The van der Waals surface area contributed by atoms with Gasteiger partial charge in [0.25, 0.3) is 5.88 Å². The molecule has 0 saturated carbocycles. The van der Waals surface area contributed by atoms with Gasteiger partial charge >= 0.3 is 12.1 Å². The maximum atomic E-state index is 14.7. The third-order valence-electron chi connectivity index (χ3n) is 4.15. The van der Waals surface area contributed by atoms with Crippen LogP contribution in [0.5, 0.6) is 11.6 Å². The number of hydrogen-bond acceptors (Lipinski definition) is 8. The van der Waals surface area contributed by atoms with E-state index >= 15 is 0 Å². The molecule has 0 aliphatic carbocycles. The Hall–Kier alpha value is -3.68. The van der Waals surface area contributed by atoms with Crippen molar-refractivity contribution in [2.45, 2.75) is 45.4 Å². The minimum absolute atomic E-state index is 0.00422. The van der Waals surface area contributed by atoms with Crippen LogP contribution in [0.2, 0.25) is 0 Å².